The van der Waals surface area contributed by atoms with Gasteiger partial charge in [0.25, 0.3) is 5.91 Å². The number of nitrogens with one attached hydrogen (secondary N) is 4. The summed E-state index contributed by atoms with van der Waals surface area (Å²) in [7, 11) is -13.2. The van der Waals surface area contributed by atoms with Gasteiger partial charge < -0.3 is 91.0 Å². The van der Waals surface area contributed by atoms with Crippen LogP contribution in [0.5, 0.6) is 0 Å². The van der Waals surface area contributed by atoms with Crippen LogP contribution in [-0.4, -0.2) is 230 Å². The minimum atomic E-state index is -5.93. The second-order valence-electron chi connectivity index (χ2n) is 27.7. The van der Waals surface area contributed by atoms with Crippen molar-refractivity contribution in [1.82, 2.24) is 40.9 Å². The summed E-state index contributed by atoms with van der Waals surface area (Å²) in [6, 6.07) is 4.74. The summed E-state index contributed by atoms with van der Waals surface area (Å²) in [5, 5.41) is 48.8. The van der Waals surface area contributed by atoms with E-state index in [1.807, 2.05) is 36.5 Å². The molecule has 14 N–H and O–H groups in total. The Morgan fingerprint density at radius 3 is 2.21 bits per heavy atom. The molecule has 0 aromatic heterocycles. The van der Waals surface area contributed by atoms with Crippen LogP contribution in [0.2, 0.25) is 0 Å². The number of phosphoric ester groups is 1. The number of aliphatic hydroxyl groups is 1. The summed E-state index contributed by atoms with van der Waals surface area (Å²) < 4.78 is 54.1. The minimum absolute atomic E-state index is 0.00127. The Morgan fingerprint density at radius 2 is 1.51 bits per heavy atom. The lowest BCUT2D eigenvalue weighted by Crippen LogP contribution is -2.58. The van der Waals surface area contributed by atoms with Crippen molar-refractivity contribution in [2.24, 2.45) is 21.6 Å². The second-order valence-corrected chi connectivity index (χ2v) is 34.7. The van der Waals surface area contributed by atoms with Gasteiger partial charge in [-0.1, -0.05) is 88.8 Å². The number of aliphatic carboxylic acids is 3. The molecule has 3 saturated heterocycles. The Hall–Kier alpha value is -8.53. The van der Waals surface area contributed by atoms with Crippen LogP contribution in [0.1, 0.15) is 148 Å². The molecule has 2 aromatic carbocycles. The zero-order valence-electron chi connectivity index (χ0n) is 62.0. The number of aliphatic imine (C=N–C) groups is 2. The van der Waals surface area contributed by atoms with Gasteiger partial charge in [-0.25, -0.2) is 23.5 Å². The summed E-state index contributed by atoms with van der Waals surface area (Å²) in [6.45, 7) is 9.43. The van der Waals surface area contributed by atoms with Crippen LogP contribution < -0.4 is 27.0 Å². The molecule has 2 aliphatic carbocycles. The number of hydrogen-bond donors (Lipinski definition) is 13. The summed E-state index contributed by atoms with van der Waals surface area (Å²) in [5.74, 6) is -5.22. The van der Waals surface area contributed by atoms with Crippen LogP contribution in [0.25, 0.3) is 0 Å². The SMILES string of the molecule is CCCc1cc2c(cc1C)C(c1ccccc1C(=O)N(C)CCCC(=O)N1CCCC1C(=O)N1CCCC1C(=O)NC(CCCSSCCC(=O)NCC#CC1=CN3C(=C(OP(=O)(O)OP(=O)(O)OP(=O)(O)O)[C@H]4O[C@@H]3CC4O)N=C1N)C(=O)NC(CC(=O)O)C(=O)NC(CC(=O)O)C(=O)O)C1C=C(C)/C(=N/CC)C=C1C2. The van der Waals surface area contributed by atoms with E-state index in [0.29, 0.717) is 31.4 Å². The van der Waals surface area contributed by atoms with Crippen LogP contribution in [0.3, 0.4) is 0 Å². The first-order valence-electron chi connectivity index (χ1n) is 36.3. The van der Waals surface area contributed by atoms with E-state index in [1.54, 1.807) is 11.9 Å². The number of carbonyl (C=O) groups excluding carboxylic acids is 7. The van der Waals surface area contributed by atoms with Crippen molar-refractivity contribution >= 4 is 116 Å². The number of carboxylic acids is 3. The van der Waals surface area contributed by atoms with E-state index in [1.165, 1.54) is 70.3 Å². The molecule has 7 aliphatic rings. The number of carbonyl (C=O) groups is 10. The summed E-state index contributed by atoms with van der Waals surface area (Å²) >= 11 is 0. The second kappa shape index (κ2) is 38.5. The molecule has 112 heavy (non-hydrogen) atoms. The standard InChI is InChI=1S/C71H92N11O25P3S2/c1-6-15-41-32-43-33-44-34-50(73-7-2)40(4)31-48(44)61(47(43)30-39(41)3)45-17-8-9-18-46(45)69(93)79(5)25-13-22-57(85)80-26-12-21-54(80)70(94)81-27-11-20-53(81)68(92)75-49(66(90)76-51(35-59(86)87)67(91)77-52(71(95)96)36-60(88)89)19-14-28-111-112-29-23-56(84)74-24-10-16-42-38-82-58-37-55(83)62(104-58)63(65(82)78-64(42)72)105-109(100,101)107-110(102,103)106-108(97,98)99/h8-9,17-18,30-32,34,38,48-49,51-55,58,61-62,83H,6-7,11-15,19-29,33,35-37H2,1-5H3,(H2,72,78)(H,74,84)(H,75,92)(H,76,90)(H,77,91)(H,86,87)(H,88,89)(H,95,96)(H,100,101)(H,102,103)(H2,97,98,99)/b73-50+/t48?,49?,51?,52?,53?,54?,55?,58-,61?,62+/m1/s1. The van der Waals surface area contributed by atoms with Crippen LogP contribution >= 0.6 is 45.1 Å². The predicted octanol–water partition coefficient (Wildman–Crippen LogP) is 4.15. The molecule has 0 radical (unpaired) electrons. The number of carboxylic acid groups (broad SMARTS) is 3. The molecule has 0 spiro atoms. The molecular weight excluding hydrogens is 1560 g/mol. The summed E-state index contributed by atoms with van der Waals surface area (Å²) in [6.07, 6.45) is 3.86. The number of hydrogen-bond acceptors (Lipinski definition) is 24. The number of nitrogens with two attached hydrogens (primary N) is 1. The van der Waals surface area contributed by atoms with Crippen LogP contribution in [0, 0.1) is 24.7 Å². The van der Waals surface area contributed by atoms with Crippen LogP contribution in [0.15, 0.2) is 93.0 Å². The number of ether oxygens (including phenoxy) is 1. The van der Waals surface area contributed by atoms with E-state index in [2.05, 4.69) is 86.5 Å². The average molecular weight is 1660 g/mol. The van der Waals surface area contributed by atoms with Gasteiger partial charge in [-0.15, -0.1) is 0 Å². The first-order valence-corrected chi connectivity index (χ1v) is 43.3. The highest BCUT2D eigenvalue weighted by molar-refractivity contribution is 8.76. The fourth-order valence-electron chi connectivity index (χ4n) is 14.5. The van der Waals surface area contributed by atoms with Gasteiger partial charge in [0.1, 0.15) is 48.4 Å². The first kappa shape index (κ1) is 87.4. The van der Waals surface area contributed by atoms with Crippen molar-refractivity contribution < 1.29 is 120 Å². The van der Waals surface area contributed by atoms with Gasteiger partial charge in [-0.2, -0.15) is 8.62 Å². The largest absolute Gasteiger partial charge is 0.536 e. The van der Waals surface area contributed by atoms with E-state index < -0.39 is 138 Å². The fourth-order valence-corrected chi connectivity index (χ4v) is 19.6. The summed E-state index contributed by atoms with van der Waals surface area (Å²) in [5.41, 5.74) is 15.8. The molecule has 36 nitrogen and oxygen atoms in total. The number of likely N-dealkylation sites (tertiary alicyclic amines) is 2. The number of rotatable bonds is 36. The van der Waals surface area contributed by atoms with Gasteiger partial charge in [0.05, 0.1) is 36.8 Å². The van der Waals surface area contributed by atoms with Gasteiger partial charge >= 0.3 is 41.4 Å². The molecule has 608 valence electrons. The predicted molar refractivity (Wildman–Crippen MR) is 406 cm³/mol. The summed E-state index contributed by atoms with van der Waals surface area (Å²) in [4.78, 5) is 186. The minimum Gasteiger partial charge on any atom is -0.481 e. The zero-order chi connectivity index (χ0) is 81.7. The van der Waals surface area contributed by atoms with Crippen molar-refractivity contribution in [2.75, 3.05) is 51.3 Å². The van der Waals surface area contributed by atoms with Crippen LogP contribution in [0.4, 0.5) is 0 Å². The highest BCUT2D eigenvalue weighted by Gasteiger charge is 2.52. The third-order valence-electron chi connectivity index (χ3n) is 19.6. The van der Waals surface area contributed by atoms with Crippen LogP contribution in [-0.2, 0) is 87.6 Å². The molecule has 12 atom stereocenters. The molecule has 10 unspecified atom stereocenters. The first-order chi connectivity index (χ1) is 53.0. The smallest absolute Gasteiger partial charge is 0.481 e. The molecule has 2 aromatic rings. The molecule has 9 rings (SSSR count). The maximum absolute atomic E-state index is 14.7. The van der Waals surface area contributed by atoms with Crippen molar-refractivity contribution in [1.29, 1.82) is 0 Å². The molecule has 5 aliphatic heterocycles. The molecule has 2 bridgehead atoms. The molecule has 5 heterocycles. The molecule has 41 heteroatoms. The van der Waals surface area contributed by atoms with Crippen molar-refractivity contribution in [3.05, 3.63) is 116 Å². The number of amides is 7. The van der Waals surface area contributed by atoms with Gasteiger partial charge in [0.15, 0.2) is 11.6 Å². The number of aryl methyl sites for hydroxylation is 2. The van der Waals surface area contributed by atoms with Crippen molar-refractivity contribution in [3.63, 3.8) is 0 Å². The Morgan fingerprint density at radius 1 is 0.830 bits per heavy atom. The van der Waals surface area contributed by atoms with Gasteiger partial charge in [-0.05, 0) is 124 Å². The van der Waals surface area contributed by atoms with Crippen molar-refractivity contribution in [2.45, 2.75) is 179 Å². The lowest BCUT2D eigenvalue weighted by atomic mass is 9.65. The number of aliphatic hydroxyl groups excluding tert-OH is 1. The van der Waals surface area contributed by atoms with Crippen molar-refractivity contribution in [3.8, 4) is 11.8 Å². The van der Waals surface area contributed by atoms with Gasteiger partial charge in [0, 0.05) is 87.6 Å². The highest BCUT2D eigenvalue weighted by atomic mass is 33.1. The van der Waals surface area contributed by atoms with E-state index >= 15 is 0 Å². The Balaban J connectivity index is 0.793. The number of amidine groups is 1. The highest BCUT2D eigenvalue weighted by Crippen LogP contribution is 2.67. The third kappa shape index (κ3) is 22.7. The maximum atomic E-state index is 14.7. The number of allylic oxidation sites excluding steroid dienone is 4. The average Bonchev–Trinajstić information content (AvgIpc) is 1.42. The van der Waals surface area contributed by atoms with E-state index in [-0.39, 0.29) is 124 Å². The number of benzene rings is 2. The quantitative estimate of drug-likeness (QED) is 0.0197. The normalized spacial score (nSPS) is 22.6. The van der Waals surface area contributed by atoms with E-state index in [4.69, 9.17) is 29.8 Å². The van der Waals surface area contributed by atoms with Gasteiger partial charge in [0.2, 0.25) is 35.4 Å². The molecule has 3 fully saturated rings. The van der Waals surface area contributed by atoms with Gasteiger partial charge in [-0.3, -0.25) is 53.0 Å². The van der Waals surface area contributed by atoms with E-state index in [0.717, 1.165) is 36.1 Å². The Labute approximate surface area is 652 Å². The molecule has 7 amide bonds. The number of nitrogens with zero attached hydrogens (tertiary/aromatic N) is 6. The maximum Gasteiger partial charge on any atom is 0.536 e. The number of fused-ring (bicyclic) bond motifs is 6. The van der Waals surface area contributed by atoms with E-state index in [9.17, 15) is 91.9 Å². The monoisotopic (exact) mass is 1660 g/mol. The molecule has 0 saturated carbocycles. The number of phosphoric acid groups is 3. The topological polar surface area (TPSA) is 532 Å². The zero-order valence-corrected chi connectivity index (χ0v) is 66.3. The third-order valence-corrected chi connectivity index (χ3v) is 25.8. The lowest BCUT2D eigenvalue weighted by molar-refractivity contribution is -0.148. The Bertz CT molecular complexity index is 4440. The fraction of sp³-hybridized carbons (Fsp3) is 0.521. The molecular formula is C71H92N11O25P3S2. The lowest BCUT2D eigenvalue weighted by Gasteiger charge is -2.38. The Kier molecular flexibility index (Phi) is 30.1.